The number of nitrogens with zero attached hydrogens (tertiary/aromatic N) is 2. The van der Waals surface area contributed by atoms with Crippen molar-refractivity contribution in [2.45, 2.75) is 0 Å². The van der Waals surface area contributed by atoms with E-state index in [9.17, 15) is 9.59 Å². The van der Waals surface area contributed by atoms with Crippen molar-refractivity contribution in [3.8, 4) is 11.3 Å². The van der Waals surface area contributed by atoms with E-state index in [0.717, 1.165) is 4.52 Å². The van der Waals surface area contributed by atoms with Crippen molar-refractivity contribution in [1.29, 1.82) is 0 Å². The first-order valence-electron chi connectivity index (χ1n) is 7.36. The molecular formula is C17H9Cl3N4O2. The van der Waals surface area contributed by atoms with Crippen molar-refractivity contribution in [1.82, 2.24) is 14.6 Å². The third kappa shape index (κ3) is 2.54. The van der Waals surface area contributed by atoms with Crippen LogP contribution in [0.5, 0.6) is 0 Å². The number of amides is 1. The van der Waals surface area contributed by atoms with E-state index >= 15 is 0 Å². The number of halogens is 3. The number of carbonyl (C=O) groups excluding carboxylic acids is 1. The molecule has 0 bridgehead atoms. The second-order valence-electron chi connectivity index (χ2n) is 5.59. The molecule has 2 aromatic heterocycles. The summed E-state index contributed by atoms with van der Waals surface area (Å²) < 4.78 is 1.09. The van der Waals surface area contributed by atoms with Gasteiger partial charge in [-0.25, -0.2) is 0 Å². The zero-order valence-electron chi connectivity index (χ0n) is 12.9. The molecule has 4 aromatic rings. The summed E-state index contributed by atoms with van der Waals surface area (Å²) in [6.07, 6.45) is 0. The van der Waals surface area contributed by atoms with Crippen molar-refractivity contribution in [2.24, 2.45) is 5.73 Å². The minimum atomic E-state index is -0.752. The van der Waals surface area contributed by atoms with Crippen molar-refractivity contribution in [3.63, 3.8) is 0 Å². The van der Waals surface area contributed by atoms with Crippen LogP contribution in [0.15, 0.2) is 41.2 Å². The van der Waals surface area contributed by atoms with Gasteiger partial charge < -0.3 is 10.7 Å². The van der Waals surface area contributed by atoms with E-state index in [1.54, 1.807) is 30.3 Å². The maximum Gasteiger partial charge on any atom is 0.282 e. The molecule has 6 nitrogen and oxygen atoms in total. The molecule has 1 amide bonds. The largest absolute Gasteiger partial charge is 0.365 e. The molecule has 0 saturated heterocycles. The summed E-state index contributed by atoms with van der Waals surface area (Å²) in [5.41, 5.74) is 6.45. The van der Waals surface area contributed by atoms with Crippen LogP contribution >= 0.6 is 34.8 Å². The lowest BCUT2D eigenvalue weighted by Gasteiger charge is -2.03. The SMILES string of the molecule is NC(=O)c1c(-c2ccc(Cl)cc2Cl)nn2c(=O)c3ccc(Cl)cc3[nH]c12. The van der Waals surface area contributed by atoms with Gasteiger partial charge in [-0.15, -0.1) is 0 Å². The van der Waals surface area contributed by atoms with E-state index in [1.807, 2.05) is 0 Å². The van der Waals surface area contributed by atoms with Crippen LogP contribution in [0.25, 0.3) is 27.8 Å². The Labute approximate surface area is 161 Å². The van der Waals surface area contributed by atoms with Gasteiger partial charge >= 0.3 is 0 Å². The van der Waals surface area contributed by atoms with Crippen LogP contribution in [-0.4, -0.2) is 20.5 Å². The Balaban J connectivity index is 2.16. The van der Waals surface area contributed by atoms with E-state index in [1.165, 1.54) is 6.07 Å². The van der Waals surface area contributed by atoms with E-state index in [-0.39, 0.29) is 21.9 Å². The van der Waals surface area contributed by atoms with Crippen LogP contribution in [0, 0.1) is 0 Å². The molecule has 4 rings (SSSR count). The van der Waals surface area contributed by atoms with Crippen LogP contribution in [0.1, 0.15) is 10.4 Å². The van der Waals surface area contributed by atoms with Crippen molar-refractivity contribution in [2.75, 3.05) is 0 Å². The molecular weight excluding hydrogens is 399 g/mol. The van der Waals surface area contributed by atoms with Crippen molar-refractivity contribution >= 4 is 57.3 Å². The van der Waals surface area contributed by atoms with Crippen LogP contribution in [-0.2, 0) is 0 Å². The standard InChI is InChI=1S/C17H9Cl3N4O2/c18-7-1-3-9(11(20)5-7)14-13(15(21)25)16-22-12-6-8(19)2-4-10(12)17(26)24(16)23-14/h1-6,22H,(H2,21,25). The lowest BCUT2D eigenvalue weighted by molar-refractivity contribution is 0.100. The van der Waals surface area contributed by atoms with Crippen molar-refractivity contribution in [3.05, 3.63) is 67.4 Å². The highest BCUT2D eigenvalue weighted by Gasteiger charge is 2.23. The Morgan fingerprint density at radius 1 is 1.08 bits per heavy atom. The fourth-order valence-corrected chi connectivity index (χ4v) is 3.50. The number of fused-ring (bicyclic) bond motifs is 2. The predicted molar refractivity (Wildman–Crippen MR) is 102 cm³/mol. The molecule has 130 valence electrons. The average molecular weight is 408 g/mol. The van der Waals surface area contributed by atoms with Gasteiger partial charge in [0.1, 0.15) is 11.3 Å². The summed E-state index contributed by atoms with van der Waals surface area (Å²) in [5, 5.41) is 5.80. The molecule has 0 spiro atoms. The molecule has 0 aliphatic rings. The fraction of sp³-hybridized carbons (Fsp3) is 0. The number of hydrogen-bond donors (Lipinski definition) is 2. The van der Waals surface area contributed by atoms with Gasteiger partial charge in [0.15, 0.2) is 5.65 Å². The predicted octanol–water partition coefficient (Wildman–Crippen LogP) is 3.90. The van der Waals surface area contributed by atoms with Gasteiger partial charge in [-0.2, -0.15) is 9.61 Å². The Bertz CT molecular complexity index is 1280. The second-order valence-corrected chi connectivity index (χ2v) is 6.87. The highest BCUT2D eigenvalue weighted by Crippen LogP contribution is 2.33. The summed E-state index contributed by atoms with van der Waals surface area (Å²) in [6, 6.07) is 9.50. The van der Waals surface area contributed by atoms with Gasteiger partial charge in [-0.3, -0.25) is 9.59 Å². The average Bonchev–Trinajstić information content (AvgIpc) is 2.94. The molecule has 0 aliphatic carbocycles. The molecule has 0 fully saturated rings. The summed E-state index contributed by atoms with van der Waals surface area (Å²) in [7, 11) is 0. The van der Waals surface area contributed by atoms with Crippen LogP contribution < -0.4 is 11.3 Å². The number of rotatable bonds is 2. The van der Waals surface area contributed by atoms with Gasteiger partial charge in [-0.05, 0) is 36.4 Å². The lowest BCUT2D eigenvalue weighted by Crippen LogP contribution is -2.17. The quantitative estimate of drug-likeness (QED) is 0.528. The van der Waals surface area contributed by atoms with Crippen molar-refractivity contribution < 1.29 is 4.79 Å². The van der Waals surface area contributed by atoms with Gasteiger partial charge in [0.05, 0.1) is 15.9 Å². The second kappa shape index (κ2) is 6.02. The number of H-pyrrole nitrogens is 1. The number of hydrogen-bond acceptors (Lipinski definition) is 3. The molecule has 3 N–H and O–H groups in total. The molecule has 0 radical (unpaired) electrons. The Kier molecular flexibility index (Phi) is 3.91. The monoisotopic (exact) mass is 406 g/mol. The smallest absolute Gasteiger partial charge is 0.282 e. The molecule has 0 unspecified atom stereocenters. The Morgan fingerprint density at radius 2 is 1.77 bits per heavy atom. The Morgan fingerprint density at radius 3 is 2.46 bits per heavy atom. The Hall–Kier alpha value is -2.54. The third-order valence-electron chi connectivity index (χ3n) is 3.98. The number of benzene rings is 2. The van der Waals surface area contributed by atoms with E-state index < -0.39 is 11.5 Å². The summed E-state index contributed by atoms with van der Waals surface area (Å²) in [6.45, 7) is 0. The van der Waals surface area contributed by atoms with Crippen LogP contribution in [0.2, 0.25) is 15.1 Å². The number of nitrogens with one attached hydrogen (secondary N) is 1. The number of carbonyl (C=O) groups is 1. The highest BCUT2D eigenvalue weighted by molar-refractivity contribution is 6.36. The first kappa shape index (κ1) is 16.9. The van der Waals surface area contributed by atoms with E-state index in [0.29, 0.717) is 26.5 Å². The topological polar surface area (TPSA) is 93.2 Å². The zero-order chi connectivity index (χ0) is 18.6. The van der Waals surface area contributed by atoms with Crippen LogP contribution in [0.4, 0.5) is 0 Å². The number of aromatic nitrogens is 3. The van der Waals surface area contributed by atoms with Gasteiger partial charge in [0.2, 0.25) is 0 Å². The maximum atomic E-state index is 12.8. The van der Waals surface area contributed by atoms with Gasteiger partial charge in [-0.1, -0.05) is 34.8 Å². The molecule has 0 aliphatic heterocycles. The van der Waals surface area contributed by atoms with Crippen LogP contribution in [0.3, 0.4) is 0 Å². The summed E-state index contributed by atoms with van der Waals surface area (Å²) in [4.78, 5) is 27.9. The lowest BCUT2D eigenvalue weighted by atomic mass is 10.1. The molecule has 2 heterocycles. The third-order valence-corrected chi connectivity index (χ3v) is 4.76. The van der Waals surface area contributed by atoms with E-state index in [2.05, 4.69) is 10.1 Å². The number of aromatic amines is 1. The maximum absolute atomic E-state index is 12.8. The molecule has 9 heteroatoms. The fourth-order valence-electron chi connectivity index (χ4n) is 2.83. The molecule has 2 aromatic carbocycles. The molecule has 0 saturated carbocycles. The zero-order valence-corrected chi connectivity index (χ0v) is 15.2. The minimum Gasteiger partial charge on any atom is -0.365 e. The van der Waals surface area contributed by atoms with Gasteiger partial charge in [0.25, 0.3) is 11.5 Å². The van der Waals surface area contributed by atoms with E-state index in [4.69, 9.17) is 40.5 Å². The van der Waals surface area contributed by atoms with Gasteiger partial charge in [0, 0.05) is 15.6 Å². The number of primary amides is 1. The first-order chi connectivity index (χ1) is 12.4. The summed E-state index contributed by atoms with van der Waals surface area (Å²) in [5.74, 6) is -0.752. The number of nitrogens with two attached hydrogens (primary N) is 1. The molecule has 0 atom stereocenters. The highest BCUT2D eigenvalue weighted by atomic mass is 35.5. The minimum absolute atomic E-state index is 0.0493. The summed E-state index contributed by atoms with van der Waals surface area (Å²) >= 11 is 18.2. The normalized spacial score (nSPS) is 11.3. The first-order valence-corrected chi connectivity index (χ1v) is 8.49. The molecule has 26 heavy (non-hydrogen) atoms.